The number of allylic oxidation sites excluding steroid dienone is 1. The van der Waals surface area contributed by atoms with Gasteiger partial charge in [-0.05, 0) is 101 Å². The molecule has 0 aliphatic carbocycles. The quantitative estimate of drug-likeness (QED) is 0.679. The number of aromatic nitrogens is 1. The fraction of sp³-hybridized carbons (Fsp3) is 0.409. The molecule has 3 rings (SSSR count). The van der Waals surface area contributed by atoms with Gasteiger partial charge in [-0.1, -0.05) is 0 Å². The largest absolute Gasteiger partial charge is 0.358 e. The zero-order chi connectivity index (χ0) is 17.9. The molecule has 0 radical (unpaired) electrons. The number of hydrogen-bond donors (Lipinski definition) is 1. The van der Waals surface area contributed by atoms with Crippen molar-refractivity contribution in [3.8, 4) is 0 Å². The van der Waals surface area contributed by atoms with Crippen molar-refractivity contribution >= 4 is 17.0 Å². The van der Waals surface area contributed by atoms with Gasteiger partial charge in [-0.2, -0.15) is 0 Å². The van der Waals surface area contributed by atoms with Crippen molar-refractivity contribution in [1.29, 1.82) is 0 Å². The average molecular weight is 320 g/mol. The van der Waals surface area contributed by atoms with Crippen LogP contribution in [0.4, 0.5) is 0 Å². The van der Waals surface area contributed by atoms with Crippen LogP contribution in [-0.2, 0) is 0 Å². The van der Waals surface area contributed by atoms with E-state index in [1.807, 2.05) is 0 Å². The lowest BCUT2D eigenvalue weighted by Gasteiger charge is -2.17. The van der Waals surface area contributed by atoms with Crippen molar-refractivity contribution in [2.45, 2.75) is 62.3 Å². The lowest BCUT2D eigenvalue weighted by molar-refractivity contribution is 1.19. The second-order valence-corrected chi connectivity index (χ2v) is 7.30. The maximum atomic E-state index is 4.99. The molecule has 1 aliphatic rings. The number of rotatable bonds is 1. The summed E-state index contributed by atoms with van der Waals surface area (Å²) in [5.41, 5.74) is 16.8. The van der Waals surface area contributed by atoms with Gasteiger partial charge in [-0.15, -0.1) is 0 Å². The van der Waals surface area contributed by atoms with Gasteiger partial charge in [0.2, 0.25) is 0 Å². The number of fused-ring (bicyclic) bond motifs is 1. The molecule has 126 valence electrons. The smallest absolute Gasteiger partial charge is 0.0764 e. The molecule has 0 bridgehead atoms. The Bertz CT molecular complexity index is 934. The maximum Gasteiger partial charge on any atom is 0.0764 e. The van der Waals surface area contributed by atoms with E-state index in [1.165, 1.54) is 61.5 Å². The van der Waals surface area contributed by atoms with Crippen LogP contribution in [0.3, 0.4) is 0 Å². The van der Waals surface area contributed by atoms with Crippen LogP contribution < -0.4 is 0 Å². The molecule has 1 aliphatic heterocycles. The van der Waals surface area contributed by atoms with Crippen LogP contribution in [0, 0.1) is 48.5 Å². The van der Waals surface area contributed by atoms with Crippen LogP contribution >= 0.6 is 0 Å². The highest BCUT2D eigenvalue weighted by Crippen LogP contribution is 2.41. The molecule has 1 aromatic heterocycles. The Kier molecular flexibility index (Phi) is 3.82. The molecular formula is C22H28N2. The number of aliphatic imine (C=N–C) groups is 1. The van der Waals surface area contributed by atoms with E-state index < -0.39 is 0 Å². The fourth-order valence-electron chi connectivity index (χ4n) is 3.95. The van der Waals surface area contributed by atoms with Crippen LogP contribution in [0.2, 0.25) is 0 Å². The normalized spacial score (nSPS) is 15.6. The van der Waals surface area contributed by atoms with Gasteiger partial charge in [-0.25, -0.2) is 0 Å². The summed E-state index contributed by atoms with van der Waals surface area (Å²) in [7, 11) is 0. The fourth-order valence-corrected chi connectivity index (χ4v) is 3.95. The van der Waals surface area contributed by atoms with Gasteiger partial charge in [0.15, 0.2) is 0 Å². The molecule has 24 heavy (non-hydrogen) atoms. The first-order valence-electron chi connectivity index (χ1n) is 8.70. The molecule has 0 amide bonds. The Morgan fingerprint density at radius 3 is 1.71 bits per heavy atom. The topological polar surface area (TPSA) is 28.1 Å². The number of nitrogens with one attached hydrogen (secondary N) is 1. The Morgan fingerprint density at radius 2 is 1.21 bits per heavy atom. The molecule has 0 spiro atoms. The number of aryl methyl sites for hydroxylation is 1. The summed E-state index contributed by atoms with van der Waals surface area (Å²) in [5, 5.41) is 0. The van der Waals surface area contributed by atoms with E-state index in [-0.39, 0.29) is 0 Å². The number of aromatic amines is 1. The summed E-state index contributed by atoms with van der Waals surface area (Å²) in [6, 6.07) is 0. The monoisotopic (exact) mass is 320 g/mol. The van der Waals surface area contributed by atoms with Crippen LogP contribution in [0.15, 0.2) is 4.99 Å². The highest BCUT2D eigenvalue weighted by molar-refractivity contribution is 6.15. The van der Waals surface area contributed by atoms with Crippen molar-refractivity contribution in [2.24, 2.45) is 4.99 Å². The summed E-state index contributed by atoms with van der Waals surface area (Å²) in [4.78, 5) is 8.56. The van der Waals surface area contributed by atoms with Crippen LogP contribution in [0.25, 0.3) is 11.3 Å². The van der Waals surface area contributed by atoms with Gasteiger partial charge >= 0.3 is 0 Å². The molecule has 0 unspecified atom stereocenters. The van der Waals surface area contributed by atoms with E-state index in [0.717, 1.165) is 11.4 Å². The highest BCUT2D eigenvalue weighted by Gasteiger charge is 2.27. The van der Waals surface area contributed by atoms with Crippen LogP contribution in [-0.4, -0.2) is 10.7 Å². The van der Waals surface area contributed by atoms with Gasteiger partial charge < -0.3 is 4.98 Å². The van der Waals surface area contributed by atoms with Gasteiger partial charge in [0, 0.05) is 28.2 Å². The molecular weight excluding hydrogens is 292 g/mol. The first kappa shape index (κ1) is 16.8. The van der Waals surface area contributed by atoms with E-state index in [9.17, 15) is 0 Å². The zero-order valence-corrected chi connectivity index (χ0v) is 16.4. The molecule has 1 N–H and O–H groups in total. The Hall–Kier alpha value is -2.09. The summed E-state index contributed by atoms with van der Waals surface area (Å²) in [5.74, 6) is 0. The van der Waals surface area contributed by atoms with Gasteiger partial charge in [0.05, 0.1) is 5.70 Å². The van der Waals surface area contributed by atoms with Crippen molar-refractivity contribution in [2.75, 3.05) is 0 Å². The van der Waals surface area contributed by atoms with Crippen molar-refractivity contribution in [1.82, 2.24) is 4.98 Å². The predicted molar refractivity (Wildman–Crippen MR) is 105 cm³/mol. The molecule has 0 atom stereocenters. The summed E-state index contributed by atoms with van der Waals surface area (Å²) < 4.78 is 0. The minimum Gasteiger partial charge on any atom is -0.358 e. The molecule has 0 fully saturated rings. The van der Waals surface area contributed by atoms with Crippen molar-refractivity contribution < 1.29 is 0 Å². The van der Waals surface area contributed by atoms with Crippen LogP contribution in [0.1, 0.15) is 69.7 Å². The standard InChI is InChI=1S/C22H28N2/c1-10-11(2)14(5)20-19(13(10)4)18(9)24-22(20)16(7)21-15(6)12(3)17(8)23-21/h23H,1-9H3/b22-16-. The third-order valence-corrected chi connectivity index (χ3v) is 6.11. The molecule has 0 saturated heterocycles. The molecule has 0 saturated carbocycles. The van der Waals surface area contributed by atoms with Crippen molar-refractivity contribution in [3.63, 3.8) is 0 Å². The first-order chi connectivity index (χ1) is 11.2. The summed E-state index contributed by atoms with van der Waals surface area (Å²) in [6.07, 6.45) is 0. The third-order valence-electron chi connectivity index (χ3n) is 6.11. The van der Waals surface area contributed by atoms with Crippen LogP contribution in [0.5, 0.6) is 0 Å². The highest BCUT2D eigenvalue weighted by atomic mass is 14.8. The van der Waals surface area contributed by atoms with E-state index in [4.69, 9.17) is 4.99 Å². The number of benzene rings is 1. The molecule has 2 nitrogen and oxygen atoms in total. The molecule has 1 aromatic carbocycles. The number of hydrogen-bond acceptors (Lipinski definition) is 1. The summed E-state index contributed by atoms with van der Waals surface area (Å²) in [6.45, 7) is 19.8. The van der Waals surface area contributed by atoms with E-state index in [0.29, 0.717) is 0 Å². The number of H-pyrrole nitrogens is 1. The van der Waals surface area contributed by atoms with E-state index >= 15 is 0 Å². The first-order valence-corrected chi connectivity index (χ1v) is 8.70. The van der Waals surface area contributed by atoms with Gasteiger partial charge in [0.25, 0.3) is 0 Å². The second kappa shape index (κ2) is 5.47. The third kappa shape index (κ3) is 2.12. The number of nitrogens with zero attached hydrogens (tertiary/aromatic N) is 1. The average Bonchev–Trinajstić information content (AvgIpc) is 3.02. The van der Waals surface area contributed by atoms with E-state index in [2.05, 4.69) is 67.3 Å². The van der Waals surface area contributed by atoms with Gasteiger partial charge in [-0.3, -0.25) is 4.99 Å². The maximum absolute atomic E-state index is 4.99. The summed E-state index contributed by atoms with van der Waals surface area (Å²) >= 11 is 0. The molecule has 2 aromatic rings. The minimum atomic E-state index is 1.13. The Morgan fingerprint density at radius 1 is 0.667 bits per heavy atom. The lowest BCUT2D eigenvalue weighted by atomic mass is 9.86. The minimum absolute atomic E-state index is 1.13. The zero-order valence-electron chi connectivity index (χ0n) is 16.4. The SMILES string of the molecule is CC1=N/C(=C(/C)c2[nH]c(C)c(C)c2C)c2c(C)c(C)c(C)c(C)c21. The predicted octanol–water partition coefficient (Wildman–Crippen LogP) is 5.88. The molecule has 2 heteroatoms. The Labute approximate surface area is 145 Å². The molecule has 2 heterocycles. The second-order valence-electron chi connectivity index (χ2n) is 7.30. The lowest BCUT2D eigenvalue weighted by Crippen LogP contribution is -2.04. The van der Waals surface area contributed by atoms with Gasteiger partial charge in [0.1, 0.15) is 0 Å². The Balaban J connectivity index is 2.37. The van der Waals surface area contributed by atoms with E-state index in [1.54, 1.807) is 0 Å². The van der Waals surface area contributed by atoms with Crippen molar-refractivity contribution in [3.05, 3.63) is 55.9 Å².